The summed E-state index contributed by atoms with van der Waals surface area (Å²) in [6.45, 7) is 2.09. The molecule has 5 nitrogen and oxygen atoms in total. The van der Waals surface area contributed by atoms with Gasteiger partial charge in [-0.05, 0) is 36.3 Å². The van der Waals surface area contributed by atoms with Gasteiger partial charge in [-0.3, -0.25) is 14.2 Å². The third-order valence-electron chi connectivity index (χ3n) is 6.59. The van der Waals surface area contributed by atoms with Crippen molar-refractivity contribution < 1.29 is 4.79 Å². The van der Waals surface area contributed by atoms with E-state index >= 15 is 0 Å². The second-order valence-electron chi connectivity index (χ2n) is 8.95. The van der Waals surface area contributed by atoms with Gasteiger partial charge in [0, 0.05) is 25.3 Å². The number of hydrogen-bond donors (Lipinski definition) is 0. The Labute approximate surface area is 209 Å². The van der Waals surface area contributed by atoms with Gasteiger partial charge in [-0.1, -0.05) is 72.4 Å². The molecule has 3 heterocycles. The number of piperidine rings is 1. The molecule has 0 radical (unpaired) electrons. The summed E-state index contributed by atoms with van der Waals surface area (Å²) in [4.78, 5) is 33.8. The van der Waals surface area contributed by atoms with Crippen molar-refractivity contribution >= 4 is 29.4 Å². The summed E-state index contributed by atoms with van der Waals surface area (Å²) in [5, 5.41) is 0.655. The van der Waals surface area contributed by atoms with Crippen molar-refractivity contribution in [2.75, 3.05) is 24.6 Å². The van der Waals surface area contributed by atoms with E-state index in [0.717, 1.165) is 60.7 Å². The van der Waals surface area contributed by atoms with Crippen molar-refractivity contribution in [1.82, 2.24) is 14.5 Å². The zero-order valence-corrected chi connectivity index (χ0v) is 20.8. The Morgan fingerprint density at radius 1 is 1.00 bits per heavy atom. The fourth-order valence-electron chi connectivity index (χ4n) is 4.69. The SMILES string of the molecule is O=C(CSc1nc2c(c(=O)n1Cc1ccccc1)SCC2)N1CCC(Cc2ccccc2)CC1. The Morgan fingerprint density at radius 3 is 2.38 bits per heavy atom. The van der Waals surface area contributed by atoms with Crippen LogP contribution in [0.2, 0.25) is 0 Å². The van der Waals surface area contributed by atoms with Gasteiger partial charge < -0.3 is 4.90 Å². The highest BCUT2D eigenvalue weighted by Gasteiger charge is 2.25. The monoisotopic (exact) mass is 491 g/mol. The number of rotatable bonds is 7. The van der Waals surface area contributed by atoms with E-state index in [0.29, 0.717) is 23.4 Å². The molecule has 1 amide bonds. The molecule has 3 aromatic rings. The first kappa shape index (κ1) is 23.2. The van der Waals surface area contributed by atoms with Crippen molar-refractivity contribution in [2.45, 2.75) is 42.3 Å². The van der Waals surface area contributed by atoms with Gasteiger partial charge in [-0.15, -0.1) is 11.8 Å². The number of benzene rings is 2. The molecule has 0 aliphatic carbocycles. The highest BCUT2D eigenvalue weighted by Crippen LogP contribution is 2.29. The summed E-state index contributed by atoms with van der Waals surface area (Å²) in [7, 11) is 0. The van der Waals surface area contributed by atoms with Crippen LogP contribution >= 0.6 is 23.5 Å². The lowest BCUT2D eigenvalue weighted by atomic mass is 9.90. The standard InChI is InChI=1S/C27H29N3O2S2/c31-24(29-14-11-21(12-15-29)17-20-7-3-1-4-8-20)19-34-27-28-23-13-16-33-25(23)26(32)30(27)18-22-9-5-2-6-10-22/h1-10,21H,11-19H2. The maximum Gasteiger partial charge on any atom is 0.268 e. The summed E-state index contributed by atoms with van der Waals surface area (Å²) < 4.78 is 1.75. The molecule has 0 saturated carbocycles. The second-order valence-corrected chi connectivity index (χ2v) is 11.0. The van der Waals surface area contributed by atoms with Gasteiger partial charge >= 0.3 is 0 Å². The van der Waals surface area contributed by atoms with Gasteiger partial charge in [0.2, 0.25) is 5.91 Å². The van der Waals surface area contributed by atoms with Crippen LogP contribution in [-0.2, 0) is 24.2 Å². The summed E-state index contributed by atoms with van der Waals surface area (Å²) in [6, 6.07) is 20.6. The minimum absolute atomic E-state index is 0.0213. The maximum atomic E-state index is 13.2. The zero-order chi connectivity index (χ0) is 23.3. The predicted molar refractivity (Wildman–Crippen MR) is 139 cm³/mol. The van der Waals surface area contributed by atoms with Gasteiger partial charge in [0.25, 0.3) is 5.56 Å². The lowest BCUT2D eigenvalue weighted by Gasteiger charge is -2.32. The summed E-state index contributed by atoms with van der Waals surface area (Å²) >= 11 is 3.00. The fraction of sp³-hybridized carbons (Fsp3) is 0.370. The number of nitrogens with zero attached hydrogens (tertiary/aromatic N) is 3. The number of carbonyl (C=O) groups excluding carboxylic acids is 1. The van der Waals surface area contributed by atoms with Crippen LogP contribution < -0.4 is 5.56 Å². The van der Waals surface area contributed by atoms with Crippen LogP contribution in [0.15, 0.2) is 75.5 Å². The van der Waals surface area contributed by atoms with Crippen LogP contribution in [0, 0.1) is 5.92 Å². The van der Waals surface area contributed by atoms with E-state index < -0.39 is 0 Å². The molecule has 0 N–H and O–H groups in total. The average Bonchev–Trinajstić information content (AvgIpc) is 3.35. The number of likely N-dealkylation sites (tertiary alicyclic amines) is 1. The lowest BCUT2D eigenvalue weighted by Crippen LogP contribution is -2.40. The molecule has 0 bridgehead atoms. The summed E-state index contributed by atoms with van der Waals surface area (Å²) in [5.41, 5.74) is 3.34. The number of aryl methyl sites for hydroxylation is 1. The number of aromatic nitrogens is 2. The quantitative estimate of drug-likeness (QED) is 0.360. The number of amides is 1. The topological polar surface area (TPSA) is 55.2 Å². The first-order valence-electron chi connectivity index (χ1n) is 11.9. The number of hydrogen-bond acceptors (Lipinski definition) is 5. The molecule has 0 spiro atoms. The highest BCUT2D eigenvalue weighted by molar-refractivity contribution is 8.00. The molecule has 2 aliphatic heterocycles. The van der Waals surface area contributed by atoms with Gasteiger partial charge in [-0.25, -0.2) is 4.98 Å². The minimum atomic E-state index is 0.0213. The Balaban J connectivity index is 1.23. The lowest BCUT2D eigenvalue weighted by molar-refractivity contribution is -0.129. The van der Waals surface area contributed by atoms with Crippen LogP contribution in [0.3, 0.4) is 0 Å². The Morgan fingerprint density at radius 2 is 1.68 bits per heavy atom. The normalized spacial score (nSPS) is 15.9. The van der Waals surface area contributed by atoms with Crippen LogP contribution in [0.1, 0.15) is 29.7 Å². The Bertz CT molecular complexity index is 1190. The second kappa shape index (κ2) is 10.8. The molecule has 176 valence electrons. The molecule has 1 aromatic heterocycles. The average molecular weight is 492 g/mol. The molecule has 7 heteroatoms. The first-order chi connectivity index (χ1) is 16.7. The molecule has 2 aromatic carbocycles. The largest absolute Gasteiger partial charge is 0.342 e. The minimum Gasteiger partial charge on any atom is -0.342 e. The number of thioether (sulfide) groups is 2. The van der Waals surface area contributed by atoms with Crippen molar-refractivity contribution in [3.8, 4) is 0 Å². The van der Waals surface area contributed by atoms with Gasteiger partial charge in [0.1, 0.15) is 0 Å². The molecule has 1 fully saturated rings. The zero-order valence-electron chi connectivity index (χ0n) is 19.2. The smallest absolute Gasteiger partial charge is 0.268 e. The molecular formula is C27H29N3O2S2. The third kappa shape index (κ3) is 5.41. The fourth-order valence-corrected chi connectivity index (χ4v) is 6.65. The van der Waals surface area contributed by atoms with Gasteiger partial charge in [0.05, 0.1) is 22.9 Å². The highest BCUT2D eigenvalue weighted by atomic mass is 32.2. The number of fused-ring (bicyclic) bond motifs is 1. The molecule has 0 unspecified atom stereocenters. The molecule has 2 aliphatic rings. The van der Waals surface area contributed by atoms with Crippen molar-refractivity contribution in [2.24, 2.45) is 5.92 Å². The van der Waals surface area contributed by atoms with Crippen LogP contribution in [-0.4, -0.2) is 45.0 Å². The van der Waals surface area contributed by atoms with E-state index in [-0.39, 0.29) is 11.5 Å². The number of carbonyl (C=O) groups is 1. The molecule has 1 saturated heterocycles. The van der Waals surface area contributed by atoms with Crippen molar-refractivity contribution in [3.63, 3.8) is 0 Å². The van der Waals surface area contributed by atoms with E-state index in [1.807, 2.05) is 35.2 Å². The summed E-state index contributed by atoms with van der Waals surface area (Å²) in [6.07, 6.45) is 3.98. The van der Waals surface area contributed by atoms with Gasteiger partial charge in [-0.2, -0.15) is 0 Å². The summed E-state index contributed by atoms with van der Waals surface area (Å²) in [5.74, 6) is 1.98. The van der Waals surface area contributed by atoms with E-state index in [4.69, 9.17) is 4.98 Å². The Hall–Kier alpha value is -2.51. The molecule has 5 rings (SSSR count). The van der Waals surface area contributed by atoms with Crippen LogP contribution in [0.25, 0.3) is 0 Å². The molecule has 0 atom stereocenters. The van der Waals surface area contributed by atoms with E-state index in [9.17, 15) is 9.59 Å². The van der Waals surface area contributed by atoms with Crippen LogP contribution in [0.4, 0.5) is 0 Å². The Kier molecular flexibility index (Phi) is 7.40. The van der Waals surface area contributed by atoms with Crippen molar-refractivity contribution in [1.29, 1.82) is 0 Å². The van der Waals surface area contributed by atoms with Crippen molar-refractivity contribution in [3.05, 3.63) is 87.8 Å². The first-order valence-corrected chi connectivity index (χ1v) is 13.9. The molecular weight excluding hydrogens is 462 g/mol. The van der Waals surface area contributed by atoms with E-state index in [1.165, 1.54) is 17.3 Å². The van der Waals surface area contributed by atoms with E-state index in [2.05, 4.69) is 30.3 Å². The maximum absolute atomic E-state index is 13.2. The predicted octanol–water partition coefficient (Wildman–Crippen LogP) is 4.51. The third-order valence-corrected chi connectivity index (χ3v) is 8.66. The van der Waals surface area contributed by atoms with Gasteiger partial charge in [0.15, 0.2) is 5.16 Å². The van der Waals surface area contributed by atoms with Crippen LogP contribution in [0.5, 0.6) is 0 Å². The molecule has 34 heavy (non-hydrogen) atoms. The van der Waals surface area contributed by atoms with E-state index in [1.54, 1.807) is 16.3 Å².